The van der Waals surface area contributed by atoms with Crippen LogP contribution in [0.4, 0.5) is 5.82 Å². The lowest BCUT2D eigenvalue weighted by Gasteiger charge is -2.24. The van der Waals surface area contributed by atoms with Gasteiger partial charge in [0.05, 0.1) is 0 Å². The molecule has 1 N–H and O–H groups in total. The Morgan fingerprint density at radius 2 is 2.22 bits per heavy atom. The minimum atomic E-state index is -0.0850. The highest BCUT2D eigenvalue weighted by Gasteiger charge is 2.23. The molecule has 2 heterocycles. The molecule has 0 amide bonds. The molecule has 5 heteroatoms. The van der Waals surface area contributed by atoms with Gasteiger partial charge in [0.25, 0.3) is 0 Å². The molecule has 18 heavy (non-hydrogen) atoms. The number of hydrogen-bond acceptors (Lipinski definition) is 5. The summed E-state index contributed by atoms with van der Waals surface area (Å²) in [5.74, 6) is 3.29. The molecule has 1 aromatic heterocycles. The summed E-state index contributed by atoms with van der Waals surface area (Å²) in [6, 6.07) is 9.89. The molecule has 92 valence electrons. The fourth-order valence-corrected chi connectivity index (χ4v) is 2.80. The minimum absolute atomic E-state index is 0.0850. The normalized spacial score (nSPS) is 17.7. The Bertz CT molecular complexity index is 561. The lowest BCUT2D eigenvalue weighted by atomic mass is 10.3. The summed E-state index contributed by atoms with van der Waals surface area (Å²) in [4.78, 5) is 9.90. The molecule has 0 bridgehead atoms. The first-order chi connectivity index (χ1) is 8.86. The molecule has 1 aromatic carbocycles. The van der Waals surface area contributed by atoms with Gasteiger partial charge in [0.1, 0.15) is 11.6 Å². The number of ether oxygens (including phenoxy) is 1. The van der Waals surface area contributed by atoms with Crippen LogP contribution in [0.5, 0.6) is 5.75 Å². The van der Waals surface area contributed by atoms with Crippen molar-refractivity contribution in [1.29, 1.82) is 0 Å². The van der Waals surface area contributed by atoms with Crippen molar-refractivity contribution in [2.75, 3.05) is 18.1 Å². The van der Waals surface area contributed by atoms with E-state index in [0.29, 0.717) is 0 Å². The third kappa shape index (κ3) is 2.13. The number of aromatic nitrogens is 2. The first-order valence-electron chi connectivity index (χ1n) is 5.76. The van der Waals surface area contributed by atoms with Gasteiger partial charge < -0.3 is 10.1 Å². The second kappa shape index (κ2) is 4.86. The molecule has 0 saturated heterocycles. The van der Waals surface area contributed by atoms with Gasteiger partial charge in [-0.25, -0.2) is 9.97 Å². The van der Waals surface area contributed by atoms with Crippen LogP contribution in [0.25, 0.3) is 0 Å². The van der Waals surface area contributed by atoms with E-state index in [4.69, 9.17) is 4.74 Å². The molecule has 1 atom stereocenters. The quantitative estimate of drug-likeness (QED) is 0.898. The maximum atomic E-state index is 5.94. The fraction of sp³-hybridized carbons (Fsp3) is 0.231. The van der Waals surface area contributed by atoms with Gasteiger partial charge in [-0.15, -0.1) is 11.8 Å². The van der Waals surface area contributed by atoms with Gasteiger partial charge in [-0.3, -0.25) is 0 Å². The summed E-state index contributed by atoms with van der Waals surface area (Å²) in [5.41, 5.74) is 0. The first kappa shape index (κ1) is 11.3. The predicted molar refractivity (Wildman–Crippen MR) is 72.1 cm³/mol. The lowest BCUT2D eigenvalue weighted by Crippen LogP contribution is -2.17. The molecule has 1 unspecified atom stereocenters. The van der Waals surface area contributed by atoms with Gasteiger partial charge >= 0.3 is 0 Å². The zero-order valence-corrected chi connectivity index (χ0v) is 10.8. The molecule has 0 fully saturated rings. The van der Waals surface area contributed by atoms with Crippen LogP contribution in [-0.4, -0.2) is 22.8 Å². The van der Waals surface area contributed by atoms with Crippen LogP contribution in [0, 0.1) is 0 Å². The number of thioether (sulfide) groups is 1. The average Bonchev–Trinajstić information content (AvgIpc) is 2.47. The molecular weight excluding hydrogens is 246 g/mol. The summed E-state index contributed by atoms with van der Waals surface area (Å²) in [7, 11) is 1.85. The molecule has 0 spiro atoms. The number of hydrogen-bond donors (Lipinski definition) is 1. The number of benzene rings is 1. The van der Waals surface area contributed by atoms with Crippen LogP contribution in [-0.2, 0) is 0 Å². The zero-order valence-electron chi connectivity index (χ0n) is 9.96. The highest BCUT2D eigenvalue weighted by Crippen LogP contribution is 2.39. The van der Waals surface area contributed by atoms with Crippen LogP contribution < -0.4 is 10.1 Å². The molecule has 1 aliphatic rings. The van der Waals surface area contributed by atoms with Gasteiger partial charge in [-0.1, -0.05) is 12.1 Å². The lowest BCUT2D eigenvalue weighted by molar-refractivity contribution is 0.210. The molecule has 2 aromatic rings. The smallest absolute Gasteiger partial charge is 0.172 e. The van der Waals surface area contributed by atoms with Crippen molar-refractivity contribution in [3.05, 3.63) is 42.4 Å². The van der Waals surface area contributed by atoms with Crippen LogP contribution in [0.2, 0.25) is 0 Å². The summed E-state index contributed by atoms with van der Waals surface area (Å²) in [6.07, 6.45) is 1.67. The van der Waals surface area contributed by atoms with Gasteiger partial charge in [0, 0.05) is 23.9 Å². The summed E-state index contributed by atoms with van der Waals surface area (Å²) < 4.78 is 5.94. The van der Waals surface area contributed by atoms with Crippen molar-refractivity contribution in [1.82, 2.24) is 9.97 Å². The number of rotatable bonds is 2. The SMILES string of the molecule is CNc1ccnc(C2CSc3ccccc3O2)n1. The highest BCUT2D eigenvalue weighted by atomic mass is 32.2. The van der Waals surface area contributed by atoms with Crippen molar-refractivity contribution >= 4 is 17.6 Å². The Labute approximate surface area is 110 Å². The van der Waals surface area contributed by atoms with E-state index in [9.17, 15) is 0 Å². The monoisotopic (exact) mass is 259 g/mol. The Morgan fingerprint density at radius 1 is 1.33 bits per heavy atom. The molecule has 0 saturated carbocycles. The highest BCUT2D eigenvalue weighted by molar-refractivity contribution is 7.99. The van der Waals surface area contributed by atoms with E-state index in [-0.39, 0.29) is 6.10 Å². The van der Waals surface area contributed by atoms with E-state index >= 15 is 0 Å². The second-order valence-electron chi connectivity index (χ2n) is 3.91. The van der Waals surface area contributed by atoms with Gasteiger partial charge in [0.2, 0.25) is 0 Å². The maximum absolute atomic E-state index is 5.94. The molecule has 3 rings (SSSR count). The topological polar surface area (TPSA) is 47.0 Å². The van der Waals surface area contributed by atoms with Crippen LogP contribution in [0.15, 0.2) is 41.4 Å². The Morgan fingerprint density at radius 3 is 3.11 bits per heavy atom. The van der Waals surface area contributed by atoms with Crippen LogP contribution >= 0.6 is 11.8 Å². The maximum Gasteiger partial charge on any atom is 0.172 e. The standard InChI is InChI=1S/C13H13N3OS/c1-14-12-6-7-15-13(16-12)10-8-18-11-5-3-2-4-9(11)17-10/h2-7,10H,8H2,1H3,(H,14,15,16). The first-order valence-corrected chi connectivity index (χ1v) is 6.74. The Hall–Kier alpha value is -1.75. The van der Waals surface area contributed by atoms with Gasteiger partial charge in [-0.2, -0.15) is 0 Å². The number of anilines is 1. The predicted octanol–water partition coefficient (Wildman–Crippen LogP) is 2.74. The Balaban J connectivity index is 1.87. The molecule has 1 aliphatic heterocycles. The van der Waals surface area contributed by atoms with E-state index in [0.717, 1.165) is 23.1 Å². The van der Waals surface area contributed by atoms with E-state index < -0.39 is 0 Å². The largest absolute Gasteiger partial charge is 0.480 e. The number of nitrogens with one attached hydrogen (secondary N) is 1. The molecule has 0 radical (unpaired) electrons. The van der Waals surface area contributed by atoms with Crippen molar-refractivity contribution < 1.29 is 4.74 Å². The molecular formula is C13H13N3OS. The van der Waals surface area contributed by atoms with E-state index in [2.05, 4.69) is 21.4 Å². The second-order valence-corrected chi connectivity index (χ2v) is 4.98. The van der Waals surface area contributed by atoms with Crippen molar-refractivity contribution in [3.63, 3.8) is 0 Å². The third-order valence-corrected chi connectivity index (χ3v) is 3.84. The van der Waals surface area contributed by atoms with E-state index in [1.54, 1.807) is 18.0 Å². The number of nitrogens with zero attached hydrogens (tertiary/aromatic N) is 2. The van der Waals surface area contributed by atoms with Gasteiger partial charge in [-0.05, 0) is 18.2 Å². The fourth-order valence-electron chi connectivity index (χ4n) is 1.81. The van der Waals surface area contributed by atoms with E-state index in [1.165, 1.54) is 4.90 Å². The third-order valence-electron chi connectivity index (χ3n) is 2.73. The number of fused-ring (bicyclic) bond motifs is 1. The minimum Gasteiger partial charge on any atom is -0.480 e. The average molecular weight is 259 g/mol. The van der Waals surface area contributed by atoms with Crippen molar-refractivity contribution in [3.8, 4) is 5.75 Å². The number of para-hydroxylation sites is 1. The summed E-state index contributed by atoms with van der Waals surface area (Å²) in [5, 5.41) is 3.01. The van der Waals surface area contributed by atoms with Crippen molar-refractivity contribution in [2.45, 2.75) is 11.0 Å². The van der Waals surface area contributed by atoms with Crippen LogP contribution in [0.1, 0.15) is 11.9 Å². The van der Waals surface area contributed by atoms with Crippen LogP contribution in [0.3, 0.4) is 0 Å². The summed E-state index contributed by atoms with van der Waals surface area (Å²) >= 11 is 1.78. The molecule has 4 nitrogen and oxygen atoms in total. The molecule has 0 aliphatic carbocycles. The zero-order chi connectivity index (χ0) is 12.4. The summed E-state index contributed by atoms with van der Waals surface area (Å²) in [6.45, 7) is 0. The Kier molecular flexibility index (Phi) is 3.06. The van der Waals surface area contributed by atoms with E-state index in [1.807, 2.05) is 31.3 Å². The van der Waals surface area contributed by atoms with Gasteiger partial charge in [0.15, 0.2) is 11.9 Å². The van der Waals surface area contributed by atoms with Crippen molar-refractivity contribution in [2.24, 2.45) is 0 Å².